The lowest BCUT2D eigenvalue weighted by Gasteiger charge is -2.10. The Labute approximate surface area is 132 Å². The van der Waals surface area contributed by atoms with Crippen molar-refractivity contribution in [1.82, 2.24) is 0 Å². The molecule has 0 aliphatic carbocycles. The quantitative estimate of drug-likeness (QED) is 0.897. The SMILES string of the molecule is N#Cc1cccc(NC(=O)CNc2cccc(Cl)c2Cl)c1. The van der Waals surface area contributed by atoms with E-state index in [1.165, 1.54) is 0 Å². The van der Waals surface area contributed by atoms with Gasteiger partial charge in [-0.05, 0) is 30.3 Å². The molecule has 2 N–H and O–H groups in total. The van der Waals surface area contributed by atoms with Crippen LogP contribution in [0.25, 0.3) is 0 Å². The molecule has 106 valence electrons. The van der Waals surface area contributed by atoms with Gasteiger partial charge in [-0.2, -0.15) is 5.26 Å². The summed E-state index contributed by atoms with van der Waals surface area (Å²) in [7, 11) is 0. The van der Waals surface area contributed by atoms with Crippen molar-refractivity contribution in [2.24, 2.45) is 0 Å². The van der Waals surface area contributed by atoms with E-state index in [1.807, 2.05) is 6.07 Å². The summed E-state index contributed by atoms with van der Waals surface area (Å²) >= 11 is 11.9. The minimum Gasteiger partial charge on any atom is -0.375 e. The number of amides is 1. The molecule has 0 saturated heterocycles. The second kappa shape index (κ2) is 6.98. The van der Waals surface area contributed by atoms with Crippen LogP contribution in [-0.2, 0) is 4.79 Å². The Kier molecular flexibility index (Phi) is 5.04. The normalized spacial score (nSPS) is 9.76. The highest BCUT2D eigenvalue weighted by Gasteiger charge is 2.07. The summed E-state index contributed by atoms with van der Waals surface area (Å²) in [4.78, 5) is 11.8. The van der Waals surface area contributed by atoms with E-state index in [4.69, 9.17) is 28.5 Å². The fourth-order valence-electron chi connectivity index (χ4n) is 1.69. The third-order valence-corrected chi connectivity index (χ3v) is 3.49. The van der Waals surface area contributed by atoms with E-state index in [9.17, 15) is 4.79 Å². The Morgan fingerprint density at radius 3 is 2.71 bits per heavy atom. The maximum atomic E-state index is 11.8. The Balaban J connectivity index is 1.96. The van der Waals surface area contributed by atoms with Gasteiger partial charge in [0.15, 0.2) is 0 Å². The number of carbonyl (C=O) groups is 1. The Hall–Kier alpha value is -2.22. The highest BCUT2D eigenvalue weighted by Crippen LogP contribution is 2.29. The van der Waals surface area contributed by atoms with Crippen molar-refractivity contribution >= 4 is 40.5 Å². The lowest BCUT2D eigenvalue weighted by molar-refractivity contribution is -0.114. The second-order valence-electron chi connectivity index (χ2n) is 4.20. The fourth-order valence-corrected chi connectivity index (χ4v) is 2.05. The van der Waals surface area contributed by atoms with Gasteiger partial charge in [-0.3, -0.25) is 4.79 Å². The highest BCUT2D eigenvalue weighted by molar-refractivity contribution is 6.43. The van der Waals surface area contributed by atoms with Crippen molar-refractivity contribution in [2.45, 2.75) is 0 Å². The first-order valence-electron chi connectivity index (χ1n) is 6.08. The van der Waals surface area contributed by atoms with Crippen LogP contribution in [-0.4, -0.2) is 12.5 Å². The predicted molar refractivity (Wildman–Crippen MR) is 84.7 cm³/mol. The van der Waals surface area contributed by atoms with Gasteiger partial charge >= 0.3 is 0 Å². The van der Waals surface area contributed by atoms with Crippen LogP contribution in [0, 0.1) is 11.3 Å². The molecule has 0 radical (unpaired) electrons. The maximum Gasteiger partial charge on any atom is 0.243 e. The average molecular weight is 320 g/mol. The number of hydrogen-bond donors (Lipinski definition) is 2. The van der Waals surface area contributed by atoms with Crippen molar-refractivity contribution in [3.8, 4) is 6.07 Å². The summed E-state index contributed by atoms with van der Waals surface area (Å²) in [6.07, 6.45) is 0. The molecule has 0 aromatic heterocycles. The number of nitrogens with zero attached hydrogens (tertiary/aromatic N) is 1. The summed E-state index contributed by atoms with van der Waals surface area (Å²) in [5, 5.41) is 15.2. The van der Waals surface area contributed by atoms with Gasteiger partial charge in [-0.15, -0.1) is 0 Å². The van der Waals surface area contributed by atoms with Crippen molar-refractivity contribution < 1.29 is 4.79 Å². The van der Waals surface area contributed by atoms with Gasteiger partial charge in [-0.1, -0.05) is 35.3 Å². The predicted octanol–water partition coefficient (Wildman–Crippen LogP) is 3.92. The molecular weight excluding hydrogens is 309 g/mol. The van der Waals surface area contributed by atoms with E-state index >= 15 is 0 Å². The lowest BCUT2D eigenvalue weighted by Crippen LogP contribution is -2.21. The molecule has 0 bridgehead atoms. The number of nitrogens with one attached hydrogen (secondary N) is 2. The van der Waals surface area contributed by atoms with Crippen molar-refractivity contribution in [3.63, 3.8) is 0 Å². The van der Waals surface area contributed by atoms with Gasteiger partial charge < -0.3 is 10.6 Å². The Morgan fingerprint density at radius 2 is 1.95 bits per heavy atom. The number of hydrogen-bond acceptors (Lipinski definition) is 3. The Bertz CT molecular complexity index is 710. The summed E-state index contributed by atoms with van der Waals surface area (Å²) < 4.78 is 0. The minimum atomic E-state index is -0.249. The number of benzene rings is 2. The molecule has 21 heavy (non-hydrogen) atoms. The first kappa shape index (κ1) is 15.2. The van der Waals surface area contributed by atoms with Crippen LogP contribution >= 0.6 is 23.2 Å². The van der Waals surface area contributed by atoms with Gasteiger partial charge in [0.05, 0.1) is 33.9 Å². The first-order chi connectivity index (χ1) is 10.1. The molecular formula is C15H11Cl2N3O. The third-order valence-electron chi connectivity index (χ3n) is 2.67. The van der Waals surface area contributed by atoms with E-state index in [0.29, 0.717) is 27.0 Å². The summed E-state index contributed by atoms with van der Waals surface area (Å²) in [6.45, 7) is 0.0385. The van der Waals surface area contributed by atoms with E-state index in [2.05, 4.69) is 10.6 Å². The highest BCUT2D eigenvalue weighted by atomic mass is 35.5. The van der Waals surface area contributed by atoms with Crippen LogP contribution in [0.4, 0.5) is 11.4 Å². The van der Waals surface area contributed by atoms with Gasteiger partial charge in [0.25, 0.3) is 0 Å². The van der Waals surface area contributed by atoms with Crippen LogP contribution in [0.2, 0.25) is 10.0 Å². The van der Waals surface area contributed by atoms with Gasteiger partial charge in [-0.25, -0.2) is 0 Å². The van der Waals surface area contributed by atoms with Crippen LogP contribution in [0.3, 0.4) is 0 Å². The summed E-state index contributed by atoms with van der Waals surface area (Å²) in [5.74, 6) is -0.249. The number of halogens is 2. The monoisotopic (exact) mass is 319 g/mol. The van der Waals surface area contributed by atoms with E-state index in [0.717, 1.165) is 0 Å². The molecule has 0 unspecified atom stereocenters. The molecule has 1 amide bonds. The molecule has 0 fully saturated rings. The first-order valence-corrected chi connectivity index (χ1v) is 6.83. The van der Waals surface area contributed by atoms with Crippen LogP contribution in [0.5, 0.6) is 0 Å². The van der Waals surface area contributed by atoms with E-state index < -0.39 is 0 Å². The van der Waals surface area contributed by atoms with E-state index in [1.54, 1.807) is 42.5 Å². The number of anilines is 2. The number of carbonyl (C=O) groups excluding carboxylic acids is 1. The van der Waals surface area contributed by atoms with E-state index in [-0.39, 0.29) is 12.5 Å². The molecule has 0 spiro atoms. The fraction of sp³-hybridized carbons (Fsp3) is 0.0667. The lowest BCUT2D eigenvalue weighted by atomic mass is 10.2. The standard InChI is InChI=1S/C15H11Cl2N3O/c16-12-5-2-6-13(15(12)17)19-9-14(21)20-11-4-1-3-10(7-11)8-18/h1-7,19H,9H2,(H,20,21). The zero-order valence-electron chi connectivity index (χ0n) is 10.9. The van der Waals surface area contributed by atoms with Crippen LogP contribution < -0.4 is 10.6 Å². The van der Waals surface area contributed by atoms with Gasteiger partial charge in [0.2, 0.25) is 5.91 Å². The third kappa shape index (κ3) is 4.12. The minimum absolute atomic E-state index is 0.0385. The molecule has 0 saturated carbocycles. The summed E-state index contributed by atoms with van der Waals surface area (Å²) in [5.41, 5.74) is 1.64. The van der Waals surface area contributed by atoms with Crippen molar-refractivity contribution in [2.75, 3.05) is 17.2 Å². The number of rotatable bonds is 4. The number of nitriles is 1. The average Bonchev–Trinajstić information content (AvgIpc) is 2.49. The molecule has 2 rings (SSSR count). The molecule has 0 aliphatic rings. The molecule has 0 atom stereocenters. The Morgan fingerprint density at radius 1 is 1.19 bits per heavy atom. The summed E-state index contributed by atoms with van der Waals surface area (Å²) in [6, 6.07) is 13.8. The molecule has 4 nitrogen and oxygen atoms in total. The maximum absolute atomic E-state index is 11.8. The second-order valence-corrected chi connectivity index (χ2v) is 4.98. The van der Waals surface area contributed by atoms with Gasteiger partial charge in [0.1, 0.15) is 0 Å². The van der Waals surface area contributed by atoms with Gasteiger partial charge in [0, 0.05) is 5.69 Å². The van der Waals surface area contributed by atoms with Crippen LogP contribution in [0.1, 0.15) is 5.56 Å². The molecule has 2 aromatic rings. The smallest absolute Gasteiger partial charge is 0.243 e. The topological polar surface area (TPSA) is 64.9 Å². The molecule has 0 aliphatic heterocycles. The molecule has 2 aromatic carbocycles. The van der Waals surface area contributed by atoms with Crippen molar-refractivity contribution in [3.05, 3.63) is 58.1 Å². The zero-order valence-corrected chi connectivity index (χ0v) is 12.4. The zero-order chi connectivity index (χ0) is 15.2. The molecule has 6 heteroatoms. The largest absolute Gasteiger partial charge is 0.375 e. The molecule has 0 heterocycles. The van der Waals surface area contributed by atoms with Crippen LogP contribution in [0.15, 0.2) is 42.5 Å². The van der Waals surface area contributed by atoms with Crippen molar-refractivity contribution in [1.29, 1.82) is 5.26 Å².